The molecular formula is C20H20FN3O2. The summed E-state index contributed by atoms with van der Waals surface area (Å²) >= 11 is 0. The van der Waals surface area contributed by atoms with E-state index >= 15 is 0 Å². The Hall–Kier alpha value is -2.89. The monoisotopic (exact) mass is 353 g/mol. The van der Waals surface area contributed by atoms with Gasteiger partial charge in [0.2, 0.25) is 0 Å². The molecule has 0 N–H and O–H groups in total. The number of aryl methyl sites for hydroxylation is 1. The molecule has 3 heterocycles. The summed E-state index contributed by atoms with van der Waals surface area (Å²) in [5.41, 5.74) is 1.37. The van der Waals surface area contributed by atoms with E-state index in [0.29, 0.717) is 17.9 Å². The van der Waals surface area contributed by atoms with Gasteiger partial charge in [0, 0.05) is 19.8 Å². The number of nitrogens with zero attached hydrogens (tertiary/aromatic N) is 3. The summed E-state index contributed by atoms with van der Waals surface area (Å²) in [5.74, 6) is 0.0583. The Bertz CT molecular complexity index is 931. The van der Waals surface area contributed by atoms with Gasteiger partial charge in [0.15, 0.2) is 5.76 Å². The third-order valence-electron chi connectivity index (χ3n) is 4.92. The number of benzene rings is 1. The van der Waals surface area contributed by atoms with Crippen LogP contribution in [0.5, 0.6) is 0 Å². The molecule has 1 aliphatic rings. The summed E-state index contributed by atoms with van der Waals surface area (Å²) in [6.45, 7) is 0.671. The molecule has 3 aromatic rings. The van der Waals surface area contributed by atoms with Gasteiger partial charge < -0.3 is 9.32 Å². The fraction of sp³-hybridized carbons (Fsp3) is 0.300. The van der Waals surface area contributed by atoms with Crippen molar-refractivity contribution < 1.29 is 13.6 Å². The fourth-order valence-corrected chi connectivity index (χ4v) is 3.59. The molecular weight excluding hydrogens is 333 g/mol. The van der Waals surface area contributed by atoms with Crippen molar-refractivity contribution in [3.05, 3.63) is 65.9 Å². The lowest BCUT2D eigenvalue weighted by Gasteiger charge is -2.35. The smallest absolute Gasteiger partial charge is 0.290 e. The topological polar surface area (TPSA) is 51.3 Å². The second kappa shape index (κ2) is 6.78. The molecule has 1 amide bonds. The Labute approximate surface area is 151 Å². The molecule has 1 unspecified atom stereocenters. The molecule has 1 fully saturated rings. The number of hydrogen-bond acceptors (Lipinski definition) is 3. The van der Waals surface area contributed by atoms with Gasteiger partial charge in [-0.1, -0.05) is 12.1 Å². The molecule has 1 aliphatic heterocycles. The quantitative estimate of drug-likeness (QED) is 0.709. The molecule has 134 valence electrons. The minimum Gasteiger partial charge on any atom is -0.451 e. The highest BCUT2D eigenvalue weighted by molar-refractivity contribution is 5.92. The number of likely N-dealkylation sites (tertiary alicyclic amines) is 1. The van der Waals surface area contributed by atoms with Crippen LogP contribution < -0.4 is 0 Å². The zero-order chi connectivity index (χ0) is 18.1. The van der Waals surface area contributed by atoms with Crippen LogP contribution in [-0.2, 0) is 7.05 Å². The van der Waals surface area contributed by atoms with Crippen LogP contribution in [0.1, 0.15) is 41.6 Å². The van der Waals surface area contributed by atoms with Crippen LogP contribution in [-0.4, -0.2) is 27.1 Å². The van der Waals surface area contributed by atoms with Crippen molar-refractivity contribution >= 4 is 5.91 Å². The molecule has 0 aliphatic carbocycles. The van der Waals surface area contributed by atoms with Crippen molar-refractivity contribution in [3.8, 4) is 11.3 Å². The summed E-state index contributed by atoms with van der Waals surface area (Å²) in [5, 5.41) is 4.23. The molecule has 0 bridgehead atoms. The number of hydrogen-bond donors (Lipinski definition) is 0. The van der Waals surface area contributed by atoms with Gasteiger partial charge in [-0.2, -0.15) is 5.10 Å². The van der Waals surface area contributed by atoms with Crippen LogP contribution in [0.2, 0.25) is 0 Å². The molecule has 0 saturated carbocycles. The van der Waals surface area contributed by atoms with Crippen molar-refractivity contribution in [2.24, 2.45) is 7.05 Å². The summed E-state index contributed by atoms with van der Waals surface area (Å²) in [4.78, 5) is 14.9. The van der Waals surface area contributed by atoms with Crippen LogP contribution in [0.15, 0.2) is 53.1 Å². The predicted molar refractivity (Wildman–Crippen MR) is 94.9 cm³/mol. The maximum Gasteiger partial charge on any atom is 0.290 e. The number of piperidine rings is 1. The van der Waals surface area contributed by atoms with Crippen LogP contribution in [0.3, 0.4) is 0 Å². The number of furan rings is 1. The fourth-order valence-electron chi connectivity index (χ4n) is 3.59. The SMILES string of the molecule is Cn1nccc1C1CCCCN1C(=O)c1ccc(-c2ccccc2F)o1. The second-order valence-corrected chi connectivity index (χ2v) is 6.53. The Morgan fingerprint density at radius 2 is 2.04 bits per heavy atom. The van der Waals surface area contributed by atoms with E-state index in [1.165, 1.54) is 6.07 Å². The average Bonchev–Trinajstić information content (AvgIpc) is 3.31. The summed E-state index contributed by atoms with van der Waals surface area (Å²) in [6, 6.07) is 11.6. The van der Waals surface area contributed by atoms with Crippen molar-refractivity contribution in [1.82, 2.24) is 14.7 Å². The van der Waals surface area contributed by atoms with E-state index in [1.807, 2.05) is 22.7 Å². The van der Waals surface area contributed by atoms with Crippen LogP contribution >= 0.6 is 0 Å². The first-order chi connectivity index (χ1) is 12.6. The lowest BCUT2D eigenvalue weighted by molar-refractivity contribution is 0.0569. The van der Waals surface area contributed by atoms with E-state index in [1.54, 1.807) is 36.5 Å². The largest absolute Gasteiger partial charge is 0.451 e. The number of halogens is 1. The van der Waals surface area contributed by atoms with E-state index in [4.69, 9.17) is 4.42 Å². The van der Waals surface area contributed by atoms with E-state index in [-0.39, 0.29) is 23.5 Å². The molecule has 5 nitrogen and oxygen atoms in total. The minimum atomic E-state index is -0.369. The number of aromatic nitrogens is 2. The predicted octanol–water partition coefficient (Wildman–Crippen LogP) is 4.19. The first-order valence-corrected chi connectivity index (χ1v) is 8.79. The van der Waals surface area contributed by atoms with Crippen molar-refractivity contribution in [1.29, 1.82) is 0 Å². The zero-order valence-electron chi connectivity index (χ0n) is 14.6. The number of amides is 1. The van der Waals surface area contributed by atoms with E-state index in [0.717, 1.165) is 25.0 Å². The molecule has 26 heavy (non-hydrogen) atoms. The summed E-state index contributed by atoms with van der Waals surface area (Å²) in [7, 11) is 1.88. The number of carbonyl (C=O) groups excluding carboxylic acids is 1. The highest BCUT2D eigenvalue weighted by atomic mass is 19.1. The summed E-state index contributed by atoms with van der Waals surface area (Å²) in [6.07, 6.45) is 4.67. The van der Waals surface area contributed by atoms with Gasteiger partial charge in [-0.15, -0.1) is 0 Å². The van der Waals surface area contributed by atoms with Gasteiger partial charge in [0.25, 0.3) is 5.91 Å². The number of rotatable bonds is 3. The molecule has 6 heteroatoms. The Kier molecular flexibility index (Phi) is 4.32. The van der Waals surface area contributed by atoms with E-state index in [2.05, 4.69) is 5.10 Å². The normalized spacial score (nSPS) is 17.5. The third-order valence-corrected chi connectivity index (χ3v) is 4.92. The van der Waals surface area contributed by atoms with Crippen LogP contribution in [0, 0.1) is 5.82 Å². The van der Waals surface area contributed by atoms with Gasteiger partial charge in [-0.3, -0.25) is 9.48 Å². The minimum absolute atomic E-state index is 0.0224. The van der Waals surface area contributed by atoms with Crippen molar-refractivity contribution in [3.63, 3.8) is 0 Å². The first kappa shape index (κ1) is 16.6. The number of carbonyl (C=O) groups is 1. The van der Waals surface area contributed by atoms with Gasteiger partial charge >= 0.3 is 0 Å². The van der Waals surface area contributed by atoms with Crippen molar-refractivity contribution in [2.75, 3.05) is 6.54 Å². The standard InChI is InChI=1S/C20H20FN3O2/c1-23-16(11-12-22-23)17-8-4-5-13-24(17)20(25)19-10-9-18(26-19)14-6-2-3-7-15(14)21/h2-3,6-7,9-12,17H,4-5,8,13H2,1H3. The Balaban J connectivity index is 1.62. The zero-order valence-corrected chi connectivity index (χ0v) is 14.6. The van der Waals surface area contributed by atoms with Gasteiger partial charge in [-0.25, -0.2) is 4.39 Å². The van der Waals surface area contributed by atoms with Crippen molar-refractivity contribution in [2.45, 2.75) is 25.3 Å². The molecule has 1 aromatic carbocycles. The van der Waals surface area contributed by atoms with Crippen LogP contribution in [0.25, 0.3) is 11.3 Å². The van der Waals surface area contributed by atoms with Gasteiger partial charge in [-0.05, 0) is 49.6 Å². The summed E-state index contributed by atoms with van der Waals surface area (Å²) < 4.78 is 21.5. The molecule has 0 radical (unpaired) electrons. The van der Waals surface area contributed by atoms with Crippen LogP contribution in [0.4, 0.5) is 4.39 Å². The molecule has 1 atom stereocenters. The maximum atomic E-state index is 14.0. The molecule has 1 saturated heterocycles. The second-order valence-electron chi connectivity index (χ2n) is 6.53. The Morgan fingerprint density at radius 1 is 1.19 bits per heavy atom. The average molecular weight is 353 g/mol. The third kappa shape index (κ3) is 2.92. The van der Waals surface area contributed by atoms with E-state index in [9.17, 15) is 9.18 Å². The lowest BCUT2D eigenvalue weighted by Crippen LogP contribution is -2.39. The molecule has 0 spiro atoms. The highest BCUT2D eigenvalue weighted by Gasteiger charge is 2.32. The Morgan fingerprint density at radius 3 is 2.81 bits per heavy atom. The maximum absolute atomic E-state index is 14.0. The molecule has 2 aromatic heterocycles. The van der Waals surface area contributed by atoms with Gasteiger partial charge in [0.05, 0.1) is 17.3 Å². The molecule has 4 rings (SSSR count). The van der Waals surface area contributed by atoms with Gasteiger partial charge in [0.1, 0.15) is 11.6 Å². The lowest BCUT2D eigenvalue weighted by atomic mass is 9.99. The van der Waals surface area contributed by atoms with E-state index < -0.39 is 0 Å². The first-order valence-electron chi connectivity index (χ1n) is 8.79. The highest BCUT2D eigenvalue weighted by Crippen LogP contribution is 2.33.